The first-order valence-corrected chi connectivity index (χ1v) is 5.47. The van der Waals surface area contributed by atoms with E-state index in [0.29, 0.717) is 16.8 Å². The number of hydrogen-bond acceptors (Lipinski definition) is 3. The molecule has 0 heterocycles. The number of nitrogens with two attached hydrogens (primary N) is 1. The average Bonchev–Trinajstić information content (AvgIpc) is 2.39. The van der Waals surface area contributed by atoms with Gasteiger partial charge in [-0.15, -0.1) is 0 Å². The zero-order valence-electron chi connectivity index (χ0n) is 9.94. The van der Waals surface area contributed by atoms with Crippen LogP contribution in [-0.4, -0.2) is 0 Å². The Hall–Kier alpha value is -2.78. The fourth-order valence-corrected chi connectivity index (χ4v) is 1.95. The SMILES string of the molecule is Cc1c(-c2cccc(C#N)c2)ccc(N)c1C#N. The van der Waals surface area contributed by atoms with E-state index in [2.05, 4.69) is 12.1 Å². The smallest absolute Gasteiger partial charge is 0.102 e. The maximum atomic E-state index is 9.09. The number of nitrogen functional groups attached to an aromatic ring is 1. The zero-order chi connectivity index (χ0) is 13.1. The molecule has 0 aliphatic rings. The summed E-state index contributed by atoms with van der Waals surface area (Å²) in [6, 6.07) is 15.1. The monoisotopic (exact) mass is 233 g/mol. The van der Waals surface area contributed by atoms with E-state index < -0.39 is 0 Å². The van der Waals surface area contributed by atoms with Gasteiger partial charge in [0, 0.05) is 5.69 Å². The molecular weight excluding hydrogens is 222 g/mol. The Morgan fingerprint density at radius 1 is 1.06 bits per heavy atom. The van der Waals surface area contributed by atoms with Crippen molar-refractivity contribution >= 4 is 5.69 Å². The summed E-state index contributed by atoms with van der Waals surface area (Å²) in [5.41, 5.74) is 10.0. The Kier molecular flexibility index (Phi) is 3.00. The van der Waals surface area contributed by atoms with Crippen LogP contribution in [0.3, 0.4) is 0 Å². The second kappa shape index (κ2) is 4.61. The van der Waals surface area contributed by atoms with Gasteiger partial charge in [0.2, 0.25) is 0 Å². The van der Waals surface area contributed by atoms with E-state index in [-0.39, 0.29) is 0 Å². The van der Waals surface area contributed by atoms with E-state index >= 15 is 0 Å². The molecular formula is C15H11N3. The lowest BCUT2D eigenvalue weighted by Crippen LogP contribution is -1.95. The van der Waals surface area contributed by atoms with Gasteiger partial charge in [-0.2, -0.15) is 10.5 Å². The minimum atomic E-state index is 0.482. The van der Waals surface area contributed by atoms with Crippen molar-refractivity contribution in [2.45, 2.75) is 6.92 Å². The van der Waals surface area contributed by atoms with Gasteiger partial charge in [-0.1, -0.05) is 18.2 Å². The van der Waals surface area contributed by atoms with Gasteiger partial charge in [-0.25, -0.2) is 0 Å². The molecule has 2 aromatic rings. The number of nitrogens with zero attached hydrogens (tertiary/aromatic N) is 2. The summed E-state index contributed by atoms with van der Waals surface area (Å²) < 4.78 is 0. The van der Waals surface area contributed by atoms with Crippen LogP contribution >= 0.6 is 0 Å². The highest BCUT2D eigenvalue weighted by molar-refractivity contribution is 5.75. The van der Waals surface area contributed by atoms with Crippen molar-refractivity contribution in [3.8, 4) is 23.3 Å². The average molecular weight is 233 g/mol. The molecule has 0 aliphatic carbocycles. The van der Waals surface area contributed by atoms with Crippen LogP contribution in [-0.2, 0) is 0 Å². The van der Waals surface area contributed by atoms with Crippen molar-refractivity contribution in [2.24, 2.45) is 0 Å². The van der Waals surface area contributed by atoms with Gasteiger partial charge in [-0.3, -0.25) is 0 Å². The third-order valence-electron chi connectivity index (χ3n) is 2.91. The lowest BCUT2D eigenvalue weighted by atomic mass is 9.95. The number of benzene rings is 2. The van der Waals surface area contributed by atoms with Gasteiger partial charge < -0.3 is 5.73 Å². The minimum Gasteiger partial charge on any atom is -0.398 e. The molecule has 0 amide bonds. The molecule has 0 saturated heterocycles. The van der Waals surface area contributed by atoms with Crippen molar-refractivity contribution in [1.82, 2.24) is 0 Å². The van der Waals surface area contributed by atoms with E-state index in [1.54, 1.807) is 18.2 Å². The van der Waals surface area contributed by atoms with Crippen LogP contribution in [0.5, 0.6) is 0 Å². The van der Waals surface area contributed by atoms with Crippen molar-refractivity contribution in [2.75, 3.05) is 5.73 Å². The molecule has 0 unspecified atom stereocenters. The van der Waals surface area contributed by atoms with E-state index in [9.17, 15) is 0 Å². The van der Waals surface area contributed by atoms with Gasteiger partial charge in [0.15, 0.2) is 0 Å². The molecule has 0 saturated carbocycles. The van der Waals surface area contributed by atoms with E-state index in [0.717, 1.165) is 16.7 Å². The standard InChI is InChI=1S/C15H11N3/c1-10-13(5-6-15(18)14(10)9-17)12-4-2-3-11(7-12)8-16/h2-7H,18H2,1H3. The molecule has 0 bridgehead atoms. The fraction of sp³-hybridized carbons (Fsp3) is 0.0667. The highest BCUT2D eigenvalue weighted by atomic mass is 14.6. The van der Waals surface area contributed by atoms with Crippen LogP contribution in [0.25, 0.3) is 11.1 Å². The summed E-state index contributed by atoms with van der Waals surface area (Å²) in [5.74, 6) is 0. The molecule has 2 aromatic carbocycles. The summed E-state index contributed by atoms with van der Waals surface area (Å²) in [6.45, 7) is 1.86. The van der Waals surface area contributed by atoms with Gasteiger partial charge >= 0.3 is 0 Å². The summed E-state index contributed by atoms with van der Waals surface area (Å²) in [7, 11) is 0. The summed E-state index contributed by atoms with van der Waals surface area (Å²) in [6.07, 6.45) is 0. The number of hydrogen-bond donors (Lipinski definition) is 1. The van der Waals surface area contributed by atoms with Crippen LogP contribution < -0.4 is 5.73 Å². The molecule has 3 heteroatoms. The molecule has 2 rings (SSSR count). The van der Waals surface area contributed by atoms with Gasteiger partial charge in [0.05, 0.1) is 17.2 Å². The number of anilines is 1. The Balaban J connectivity index is 2.66. The van der Waals surface area contributed by atoms with E-state index in [1.807, 2.05) is 25.1 Å². The molecule has 0 fully saturated rings. The van der Waals surface area contributed by atoms with Gasteiger partial charge in [0.1, 0.15) is 6.07 Å². The Bertz CT molecular complexity index is 688. The Morgan fingerprint density at radius 2 is 1.83 bits per heavy atom. The summed E-state index contributed by atoms with van der Waals surface area (Å²) >= 11 is 0. The summed E-state index contributed by atoms with van der Waals surface area (Å²) in [4.78, 5) is 0. The largest absolute Gasteiger partial charge is 0.398 e. The molecule has 0 aliphatic heterocycles. The van der Waals surface area contributed by atoms with Crippen LogP contribution in [0.4, 0.5) is 5.69 Å². The van der Waals surface area contributed by atoms with E-state index in [1.165, 1.54) is 0 Å². The first-order valence-electron chi connectivity index (χ1n) is 5.47. The van der Waals surface area contributed by atoms with Crippen molar-refractivity contribution in [3.05, 3.63) is 53.1 Å². The van der Waals surface area contributed by atoms with Gasteiger partial charge in [-0.05, 0) is 41.8 Å². The maximum Gasteiger partial charge on any atom is 0.102 e. The first kappa shape index (κ1) is 11.7. The number of rotatable bonds is 1. The molecule has 0 aromatic heterocycles. The molecule has 0 radical (unpaired) electrons. The predicted octanol–water partition coefficient (Wildman–Crippen LogP) is 2.99. The molecule has 0 atom stereocenters. The van der Waals surface area contributed by atoms with Gasteiger partial charge in [0.25, 0.3) is 0 Å². The van der Waals surface area contributed by atoms with Crippen molar-refractivity contribution in [3.63, 3.8) is 0 Å². The van der Waals surface area contributed by atoms with Crippen LogP contribution in [0.2, 0.25) is 0 Å². The molecule has 0 spiro atoms. The molecule has 2 N–H and O–H groups in total. The van der Waals surface area contributed by atoms with Crippen molar-refractivity contribution < 1.29 is 0 Å². The molecule has 86 valence electrons. The van der Waals surface area contributed by atoms with Crippen LogP contribution in [0, 0.1) is 29.6 Å². The third-order valence-corrected chi connectivity index (χ3v) is 2.91. The topological polar surface area (TPSA) is 73.6 Å². The highest BCUT2D eigenvalue weighted by Crippen LogP contribution is 2.29. The second-order valence-electron chi connectivity index (χ2n) is 4.01. The third kappa shape index (κ3) is 1.90. The second-order valence-corrected chi connectivity index (χ2v) is 4.01. The predicted molar refractivity (Wildman–Crippen MR) is 70.5 cm³/mol. The van der Waals surface area contributed by atoms with E-state index in [4.69, 9.17) is 16.3 Å². The summed E-state index contributed by atoms with van der Waals surface area (Å²) in [5, 5.41) is 18.0. The fourth-order valence-electron chi connectivity index (χ4n) is 1.95. The Morgan fingerprint density at radius 3 is 2.50 bits per heavy atom. The van der Waals surface area contributed by atoms with Crippen LogP contribution in [0.15, 0.2) is 36.4 Å². The van der Waals surface area contributed by atoms with Crippen LogP contribution in [0.1, 0.15) is 16.7 Å². The quantitative estimate of drug-likeness (QED) is 0.769. The zero-order valence-corrected chi connectivity index (χ0v) is 9.94. The highest BCUT2D eigenvalue weighted by Gasteiger charge is 2.09. The Labute approximate surface area is 106 Å². The maximum absolute atomic E-state index is 9.09. The number of nitriles is 2. The lowest BCUT2D eigenvalue weighted by Gasteiger charge is -2.09. The van der Waals surface area contributed by atoms with Crippen molar-refractivity contribution in [1.29, 1.82) is 10.5 Å². The first-order chi connectivity index (χ1) is 8.67. The minimum absolute atomic E-state index is 0.482. The normalized spacial score (nSPS) is 9.50. The lowest BCUT2D eigenvalue weighted by molar-refractivity contribution is 1.39. The molecule has 18 heavy (non-hydrogen) atoms. The molecule has 3 nitrogen and oxygen atoms in total.